The maximum Gasteiger partial charge on any atom is 0.313 e. The lowest BCUT2D eigenvalue weighted by Gasteiger charge is -2.20. The fraction of sp³-hybridized carbons (Fsp3) is 0.353. The van der Waals surface area contributed by atoms with Crippen molar-refractivity contribution in [1.82, 2.24) is 9.88 Å². The summed E-state index contributed by atoms with van der Waals surface area (Å²) in [5.74, 6) is -0.937. The minimum atomic E-state index is -0.958. The Bertz CT molecular complexity index is 1500. The van der Waals surface area contributed by atoms with Gasteiger partial charge in [-0.1, -0.05) is 67.9 Å². The van der Waals surface area contributed by atoms with E-state index >= 15 is 0 Å². The molecule has 5 heteroatoms. The average Bonchev–Trinajstić information content (AvgIpc) is 3.16. The molecule has 0 saturated carbocycles. The maximum atomic E-state index is 13.2. The number of rotatable bonds is 10. The highest BCUT2D eigenvalue weighted by Crippen LogP contribution is 2.30. The van der Waals surface area contributed by atoms with Crippen LogP contribution in [-0.2, 0) is 30.1 Å². The van der Waals surface area contributed by atoms with Crippen LogP contribution in [0.1, 0.15) is 90.4 Å². The number of nitrogens with zero attached hydrogens (tertiary/aromatic N) is 1. The lowest BCUT2D eigenvalue weighted by molar-refractivity contribution is -0.142. The second-order valence-electron chi connectivity index (χ2n) is 11.2. The topological polar surface area (TPSA) is 71.3 Å². The van der Waals surface area contributed by atoms with Gasteiger partial charge in [-0.05, 0) is 86.9 Å². The zero-order chi connectivity index (χ0) is 28.3. The minimum Gasteiger partial charge on any atom is -0.481 e. The molecule has 1 heterocycles. The summed E-state index contributed by atoms with van der Waals surface area (Å²) in [7, 11) is 2.02. The number of carbonyl (C=O) groups is 2. The third-order valence-corrected chi connectivity index (χ3v) is 8.10. The van der Waals surface area contributed by atoms with Crippen molar-refractivity contribution in [3.05, 3.63) is 106 Å². The summed E-state index contributed by atoms with van der Waals surface area (Å²) in [6.45, 7) is 9.76. The molecule has 0 aliphatic carbocycles. The van der Waals surface area contributed by atoms with Gasteiger partial charge in [0, 0.05) is 29.2 Å². The Labute approximate surface area is 231 Å². The number of hydrogen-bond donors (Lipinski definition) is 2. The van der Waals surface area contributed by atoms with E-state index in [4.69, 9.17) is 0 Å². The molecule has 4 rings (SSSR count). The summed E-state index contributed by atoms with van der Waals surface area (Å²) in [5, 5.41) is 13.9. The first kappa shape index (κ1) is 28.2. The molecular formula is C34H40N2O3. The van der Waals surface area contributed by atoms with Gasteiger partial charge in [-0.3, -0.25) is 9.59 Å². The van der Waals surface area contributed by atoms with Gasteiger partial charge < -0.3 is 15.0 Å². The molecule has 5 nitrogen and oxygen atoms in total. The summed E-state index contributed by atoms with van der Waals surface area (Å²) in [6.07, 6.45) is 4.13. The second-order valence-corrected chi connectivity index (χ2v) is 11.2. The first-order valence-corrected chi connectivity index (χ1v) is 13.8. The van der Waals surface area contributed by atoms with Crippen LogP contribution in [0.5, 0.6) is 0 Å². The normalized spacial score (nSPS) is 12.5. The predicted molar refractivity (Wildman–Crippen MR) is 159 cm³/mol. The van der Waals surface area contributed by atoms with Crippen molar-refractivity contribution in [2.24, 2.45) is 7.05 Å². The second kappa shape index (κ2) is 11.5. The fourth-order valence-corrected chi connectivity index (χ4v) is 5.12. The van der Waals surface area contributed by atoms with E-state index in [1.165, 1.54) is 24.0 Å². The molecule has 0 fully saturated rings. The van der Waals surface area contributed by atoms with E-state index in [-0.39, 0.29) is 11.9 Å². The number of carbonyl (C=O) groups excluding carboxylic acids is 1. The number of benzene rings is 3. The summed E-state index contributed by atoms with van der Waals surface area (Å²) in [5.41, 5.74) is 7.26. The zero-order valence-electron chi connectivity index (χ0n) is 24.0. The molecule has 0 bridgehead atoms. The van der Waals surface area contributed by atoms with Gasteiger partial charge in [0.05, 0.1) is 11.5 Å². The number of aliphatic carboxylic acids is 1. The smallest absolute Gasteiger partial charge is 0.313 e. The number of unbranched alkanes of at least 4 members (excludes halogenated alkanes) is 1. The first-order valence-electron chi connectivity index (χ1n) is 13.8. The average molecular weight is 525 g/mol. The van der Waals surface area contributed by atoms with Crippen LogP contribution in [0.25, 0.3) is 10.9 Å². The number of amides is 1. The van der Waals surface area contributed by atoms with Crippen LogP contribution < -0.4 is 5.32 Å². The highest BCUT2D eigenvalue weighted by atomic mass is 16.4. The van der Waals surface area contributed by atoms with Crippen LogP contribution >= 0.6 is 0 Å². The van der Waals surface area contributed by atoms with E-state index in [0.717, 1.165) is 39.7 Å². The Morgan fingerprint density at radius 2 is 1.72 bits per heavy atom. The quantitative estimate of drug-likeness (QED) is 0.229. The Morgan fingerprint density at radius 1 is 1.00 bits per heavy atom. The van der Waals surface area contributed by atoms with Crippen LogP contribution in [0.2, 0.25) is 0 Å². The van der Waals surface area contributed by atoms with Crippen molar-refractivity contribution < 1.29 is 14.7 Å². The summed E-state index contributed by atoms with van der Waals surface area (Å²) < 4.78 is 2.13. The highest BCUT2D eigenvalue weighted by Gasteiger charge is 2.29. The molecule has 4 aromatic rings. The van der Waals surface area contributed by atoms with Gasteiger partial charge in [0.15, 0.2) is 0 Å². The first-order chi connectivity index (χ1) is 18.5. The van der Waals surface area contributed by atoms with Gasteiger partial charge >= 0.3 is 5.97 Å². The van der Waals surface area contributed by atoms with Gasteiger partial charge in [0.1, 0.15) is 0 Å². The maximum absolute atomic E-state index is 13.2. The third-order valence-electron chi connectivity index (χ3n) is 8.10. The molecule has 0 aliphatic rings. The zero-order valence-corrected chi connectivity index (χ0v) is 24.0. The summed E-state index contributed by atoms with van der Waals surface area (Å²) in [4.78, 5) is 25.0. The van der Waals surface area contributed by atoms with Crippen molar-refractivity contribution in [3.8, 4) is 0 Å². The van der Waals surface area contributed by atoms with Crippen molar-refractivity contribution >= 4 is 22.8 Å². The SMILES string of the molecule is CCCCc1ccc([C@H](C)NC(=O)c2ccc3c(Cc4cccc(C(C)(C)C(=O)O)c4)c(C)n(C)c3c2)cc1. The monoisotopic (exact) mass is 524 g/mol. The number of nitrogens with one attached hydrogen (secondary N) is 1. The molecule has 0 spiro atoms. The van der Waals surface area contributed by atoms with Crippen molar-refractivity contribution in [2.45, 2.75) is 71.8 Å². The molecule has 1 atom stereocenters. The lowest BCUT2D eigenvalue weighted by Crippen LogP contribution is -2.28. The van der Waals surface area contributed by atoms with E-state index < -0.39 is 11.4 Å². The number of carboxylic acids is 1. The number of fused-ring (bicyclic) bond motifs is 1. The standard InChI is InChI=1S/C34H40N2O3/c1-7-8-10-24-13-15-26(16-14-24)22(2)35-32(37)27-17-18-29-30(23(3)36(6)31(29)21-27)20-25-11-9-12-28(19-25)34(4,5)33(38)39/h9,11-19,21-22H,7-8,10,20H2,1-6H3,(H,35,37)(H,38,39)/t22-/m0/s1. The molecule has 1 amide bonds. The summed E-state index contributed by atoms with van der Waals surface area (Å²) in [6, 6.07) is 22.2. The molecule has 0 aliphatic heterocycles. The Kier molecular flexibility index (Phi) is 8.29. The fourth-order valence-electron chi connectivity index (χ4n) is 5.12. The van der Waals surface area contributed by atoms with E-state index in [0.29, 0.717) is 12.0 Å². The largest absolute Gasteiger partial charge is 0.481 e. The Balaban J connectivity index is 1.55. The van der Waals surface area contributed by atoms with E-state index in [2.05, 4.69) is 48.0 Å². The Hall–Kier alpha value is -3.86. The van der Waals surface area contributed by atoms with Crippen molar-refractivity contribution in [1.29, 1.82) is 0 Å². The Morgan fingerprint density at radius 3 is 2.38 bits per heavy atom. The predicted octanol–water partition coefficient (Wildman–Crippen LogP) is 7.27. The summed E-state index contributed by atoms with van der Waals surface area (Å²) >= 11 is 0. The number of hydrogen-bond acceptors (Lipinski definition) is 2. The van der Waals surface area contributed by atoms with Gasteiger partial charge in [-0.25, -0.2) is 0 Å². The number of aromatic nitrogens is 1. The van der Waals surface area contributed by atoms with Gasteiger partial charge in [-0.2, -0.15) is 0 Å². The third kappa shape index (κ3) is 5.93. The number of carboxylic acid groups (broad SMARTS) is 1. The van der Waals surface area contributed by atoms with Crippen LogP contribution in [0, 0.1) is 6.92 Å². The van der Waals surface area contributed by atoms with Crippen LogP contribution in [-0.4, -0.2) is 21.6 Å². The van der Waals surface area contributed by atoms with Gasteiger partial charge in [0.25, 0.3) is 5.91 Å². The molecular weight excluding hydrogens is 484 g/mol. The van der Waals surface area contributed by atoms with Gasteiger partial charge in [-0.15, -0.1) is 0 Å². The van der Waals surface area contributed by atoms with Crippen molar-refractivity contribution in [2.75, 3.05) is 0 Å². The van der Waals surface area contributed by atoms with E-state index in [1.807, 2.05) is 56.4 Å². The van der Waals surface area contributed by atoms with Gasteiger partial charge in [0.2, 0.25) is 0 Å². The molecule has 204 valence electrons. The van der Waals surface area contributed by atoms with Crippen LogP contribution in [0.15, 0.2) is 66.7 Å². The molecule has 1 aromatic heterocycles. The van der Waals surface area contributed by atoms with Crippen LogP contribution in [0.4, 0.5) is 0 Å². The molecule has 0 radical (unpaired) electrons. The lowest BCUT2D eigenvalue weighted by atomic mass is 9.83. The molecule has 0 unspecified atom stereocenters. The number of aryl methyl sites for hydroxylation is 2. The molecule has 2 N–H and O–H groups in total. The van der Waals surface area contributed by atoms with E-state index in [1.54, 1.807) is 13.8 Å². The molecule has 39 heavy (non-hydrogen) atoms. The van der Waals surface area contributed by atoms with E-state index in [9.17, 15) is 14.7 Å². The minimum absolute atomic E-state index is 0.0940. The van der Waals surface area contributed by atoms with Crippen molar-refractivity contribution in [3.63, 3.8) is 0 Å². The highest BCUT2D eigenvalue weighted by molar-refractivity contribution is 5.99. The van der Waals surface area contributed by atoms with Crippen LogP contribution in [0.3, 0.4) is 0 Å². The molecule has 3 aromatic carbocycles. The molecule has 0 saturated heterocycles.